The molecule has 112 valence electrons. The summed E-state index contributed by atoms with van der Waals surface area (Å²) in [5.41, 5.74) is 0.613. The second-order valence-electron chi connectivity index (χ2n) is 6.18. The standard InChI is InChI=1S/C17H27FN2/c1-14(2)15-6-5-11-20(12-9-15)13-10-19-17-8-4-3-7-16(17)18/h3-4,7-8,14-15,19H,5-6,9-13H2,1-2H3. The Bertz CT molecular complexity index is 406. The van der Waals surface area contributed by atoms with Crippen LogP contribution in [0.15, 0.2) is 24.3 Å². The van der Waals surface area contributed by atoms with Gasteiger partial charge in [0.05, 0.1) is 5.69 Å². The first-order valence-corrected chi connectivity index (χ1v) is 7.87. The van der Waals surface area contributed by atoms with Gasteiger partial charge in [-0.05, 0) is 56.3 Å². The van der Waals surface area contributed by atoms with Gasteiger partial charge >= 0.3 is 0 Å². The third-order valence-corrected chi connectivity index (χ3v) is 4.43. The Morgan fingerprint density at radius 3 is 2.80 bits per heavy atom. The highest BCUT2D eigenvalue weighted by atomic mass is 19.1. The average molecular weight is 278 g/mol. The Morgan fingerprint density at radius 1 is 1.25 bits per heavy atom. The summed E-state index contributed by atoms with van der Waals surface area (Å²) in [6.45, 7) is 8.84. The van der Waals surface area contributed by atoms with E-state index in [0.717, 1.165) is 24.9 Å². The van der Waals surface area contributed by atoms with Gasteiger partial charge in [0, 0.05) is 13.1 Å². The van der Waals surface area contributed by atoms with E-state index in [-0.39, 0.29) is 5.82 Å². The van der Waals surface area contributed by atoms with Crippen molar-refractivity contribution in [3.8, 4) is 0 Å². The Morgan fingerprint density at radius 2 is 2.05 bits per heavy atom. The van der Waals surface area contributed by atoms with Crippen LogP contribution in [0.2, 0.25) is 0 Å². The van der Waals surface area contributed by atoms with Crippen LogP contribution in [0, 0.1) is 17.7 Å². The van der Waals surface area contributed by atoms with E-state index in [2.05, 4.69) is 24.1 Å². The second kappa shape index (κ2) is 7.63. The van der Waals surface area contributed by atoms with E-state index in [1.165, 1.54) is 38.4 Å². The molecule has 1 saturated heterocycles. The number of hydrogen-bond donors (Lipinski definition) is 1. The minimum atomic E-state index is -0.164. The van der Waals surface area contributed by atoms with Gasteiger partial charge in [-0.25, -0.2) is 4.39 Å². The van der Waals surface area contributed by atoms with E-state index >= 15 is 0 Å². The van der Waals surface area contributed by atoms with E-state index in [1.807, 2.05) is 6.07 Å². The van der Waals surface area contributed by atoms with Gasteiger partial charge in [-0.1, -0.05) is 26.0 Å². The van der Waals surface area contributed by atoms with E-state index in [1.54, 1.807) is 12.1 Å². The number of hydrogen-bond acceptors (Lipinski definition) is 2. The number of likely N-dealkylation sites (tertiary alicyclic amines) is 1. The van der Waals surface area contributed by atoms with Crippen molar-refractivity contribution in [2.45, 2.75) is 33.1 Å². The number of para-hydroxylation sites is 1. The maximum atomic E-state index is 13.5. The van der Waals surface area contributed by atoms with Crippen molar-refractivity contribution in [3.05, 3.63) is 30.1 Å². The molecular formula is C17H27FN2. The third kappa shape index (κ3) is 4.48. The molecule has 3 heteroatoms. The Labute approximate surface area is 122 Å². The van der Waals surface area contributed by atoms with E-state index in [4.69, 9.17) is 0 Å². The molecule has 0 aromatic heterocycles. The monoisotopic (exact) mass is 278 g/mol. The van der Waals surface area contributed by atoms with Gasteiger partial charge < -0.3 is 10.2 Å². The number of rotatable bonds is 5. The van der Waals surface area contributed by atoms with Gasteiger partial charge in [0.25, 0.3) is 0 Å². The molecule has 0 bridgehead atoms. The molecule has 1 aromatic carbocycles. The van der Waals surface area contributed by atoms with Crippen molar-refractivity contribution in [3.63, 3.8) is 0 Å². The molecule has 1 N–H and O–H groups in total. The molecule has 2 nitrogen and oxygen atoms in total. The first-order chi connectivity index (χ1) is 9.66. The molecule has 1 fully saturated rings. The van der Waals surface area contributed by atoms with E-state index < -0.39 is 0 Å². The quantitative estimate of drug-likeness (QED) is 0.876. The smallest absolute Gasteiger partial charge is 0.146 e. The highest BCUT2D eigenvalue weighted by molar-refractivity contribution is 5.44. The number of benzene rings is 1. The summed E-state index contributed by atoms with van der Waals surface area (Å²) in [6, 6.07) is 6.89. The lowest BCUT2D eigenvalue weighted by Gasteiger charge is -2.21. The summed E-state index contributed by atoms with van der Waals surface area (Å²) in [5.74, 6) is 1.51. The van der Waals surface area contributed by atoms with Crippen molar-refractivity contribution >= 4 is 5.69 Å². The molecule has 1 atom stereocenters. The molecule has 1 heterocycles. The normalized spacial score (nSPS) is 20.9. The zero-order valence-electron chi connectivity index (χ0n) is 12.7. The fourth-order valence-electron chi connectivity index (χ4n) is 3.03. The van der Waals surface area contributed by atoms with Crippen molar-refractivity contribution in [1.29, 1.82) is 0 Å². The lowest BCUT2D eigenvalue weighted by molar-refractivity contribution is 0.281. The largest absolute Gasteiger partial charge is 0.381 e. The summed E-state index contributed by atoms with van der Waals surface area (Å²) in [4.78, 5) is 2.51. The van der Waals surface area contributed by atoms with Crippen molar-refractivity contribution in [1.82, 2.24) is 4.90 Å². The Balaban J connectivity index is 1.73. The number of halogens is 1. The molecule has 1 aliphatic rings. The zero-order chi connectivity index (χ0) is 14.4. The summed E-state index contributed by atoms with van der Waals surface area (Å²) >= 11 is 0. The molecular weight excluding hydrogens is 251 g/mol. The predicted molar refractivity (Wildman–Crippen MR) is 83.5 cm³/mol. The molecule has 0 saturated carbocycles. The van der Waals surface area contributed by atoms with Crippen LogP contribution >= 0.6 is 0 Å². The SMILES string of the molecule is CC(C)C1CCCN(CCNc2ccccc2F)CC1. The Hall–Kier alpha value is -1.09. The first-order valence-electron chi connectivity index (χ1n) is 7.87. The minimum absolute atomic E-state index is 0.164. The molecule has 20 heavy (non-hydrogen) atoms. The number of anilines is 1. The van der Waals surface area contributed by atoms with Gasteiger partial charge in [0.2, 0.25) is 0 Å². The molecule has 0 aliphatic carbocycles. The highest BCUT2D eigenvalue weighted by Gasteiger charge is 2.19. The first kappa shape index (κ1) is 15.3. The number of nitrogens with zero attached hydrogens (tertiary/aromatic N) is 1. The molecule has 0 spiro atoms. The Kier molecular flexibility index (Phi) is 5.84. The van der Waals surface area contributed by atoms with Crippen LogP contribution in [0.3, 0.4) is 0 Å². The molecule has 1 unspecified atom stereocenters. The fourth-order valence-corrected chi connectivity index (χ4v) is 3.03. The highest BCUT2D eigenvalue weighted by Crippen LogP contribution is 2.24. The van der Waals surface area contributed by atoms with Gasteiger partial charge in [-0.3, -0.25) is 0 Å². The van der Waals surface area contributed by atoms with Crippen LogP contribution < -0.4 is 5.32 Å². The molecule has 0 radical (unpaired) electrons. The lowest BCUT2D eigenvalue weighted by Crippen LogP contribution is -2.30. The lowest BCUT2D eigenvalue weighted by atomic mass is 9.89. The van der Waals surface area contributed by atoms with Crippen molar-refractivity contribution < 1.29 is 4.39 Å². The van der Waals surface area contributed by atoms with Crippen molar-refractivity contribution in [2.75, 3.05) is 31.5 Å². The molecule has 1 aliphatic heterocycles. The van der Waals surface area contributed by atoms with E-state index in [0.29, 0.717) is 5.69 Å². The van der Waals surface area contributed by atoms with Crippen LogP contribution in [0.5, 0.6) is 0 Å². The summed E-state index contributed by atoms with van der Waals surface area (Å²) in [6.07, 6.45) is 3.95. The van der Waals surface area contributed by atoms with Crippen LogP contribution in [0.25, 0.3) is 0 Å². The summed E-state index contributed by atoms with van der Waals surface area (Å²) in [7, 11) is 0. The minimum Gasteiger partial charge on any atom is -0.381 e. The van der Waals surface area contributed by atoms with Crippen LogP contribution in [-0.2, 0) is 0 Å². The average Bonchev–Trinajstić information content (AvgIpc) is 2.67. The number of nitrogens with one attached hydrogen (secondary N) is 1. The zero-order valence-corrected chi connectivity index (χ0v) is 12.7. The van der Waals surface area contributed by atoms with E-state index in [9.17, 15) is 4.39 Å². The van der Waals surface area contributed by atoms with Crippen LogP contribution in [0.4, 0.5) is 10.1 Å². The summed E-state index contributed by atoms with van der Waals surface area (Å²) < 4.78 is 13.5. The fraction of sp³-hybridized carbons (Fsp3) is 0.647. The maximum absolute atomic E-state index is 13.5. The van der Waals surface area contributed by atoms with Crippen LogP contribution in [0.1, 0.15) is 33.1 Å². The van der Waals surface area contributed by atoms with Crippen molar-refractivity contribution in [2.24, 2.45) is 11.8 Å². The third-order valence-electron chi connectivity index (χ3n) is 4.43. The molecule has 0 amide bonds. The second-order valence-corrected chi connectivity index (χ2v) is 6.18. The molecule has 1 aromatic rings. The van der Waals surface area contributed by atoms with Gasteiger partial charge in [0.1, 0.15) is 5.82 Å². The topological polar surface area (TPSA) is 15.3 Å². The molecule has 2 rings (SSSR count). The van der Waals surface area contributed by atoms with Gasteiger partial charge in [-0.2, -0.15) is 0 Å². The predicted octanol–water partition coefficient (Wildman–Crippen LogP) is 4.00. The maximum Gasteiger partial charge on any atom is 0.146 e. The summed E-state index contributed by atoms with van der Waals surface area (Å²) in [5, 5.41) is 3.20. The van der Waals surface area contributed by atoms with Gasteiger partial charge in [-0.15, -0.1) is 0 Å². The van der Waals surface area contributed by atoms with Crippen LogP contribution in [-0.4, -0.2) is 31.1 Å². The van der Waals surface area contributed by atoms with Gasteiger partial charge in [0.15, 0.2) is 0 Å².